The van der Waals surface area contributed by atoms with Crippen molar-refractivity contribution in [1.82, 2.24) is 5.09 Å². The lowest BCUT2D eigenvalue weighted by atomic mass is 10.8. The highest BCUT2D eigenvalue weighted by Crippen LogP contribution is 2.36. The molecule has 0 amide bonds. The first-order valence-electron chi connectivity index (χ1n) is 1.71. The normalized spacial score (nSPS) is 33.6. The third kappa shape index (κ3) is 1.13. The monoisotopic (exact) mass is 107 g/mol. The molecule has 0 aromatic rings. The van der Waals surface area contributed by atoms with E-state index in [-0.39, 0.29) is 0 Å². The average Bonchev–Trinajstić information content (AvgIpc) is 1.76. The Morgan fingerprint density at radius 2 is 2.60 bits per heavy atom. The topological polar surface area (TPSA) is 12.0 Å². The Morgan fingerprint density at radius 1 is 1.60 bits per heavy atom. The summed E-state index contributed by atoms with van der Waals surface area (Å²) < 4.78 is 0. The van der Waals surface area contributed by atoms with Crippen molar-refractivity contribution in [3.8, 4) is 0 Å². The van der Waals surface area contributed by atoms with Crippen LogP contribution < -0.4 is 5.09 Å². The Bertz CT molecular complexity index is 19.2. The molecule has 3 heteroatoms. The first-order chi connectivity index (χ1) is 2.50. The van der Waals surface area contributed by atoms with E-state index in [1.54, 1.807) is 0 Å². The van der Waals surface area contributed by atoms with Crippen LogP contribution in [-0.4, -0.2) is 12.7 Å². The fourth-order valence-electron chi connectivity index (χ4n) is 0.312. The molecule has 0 aliphatic carbocycles. The van der Waals surface area contributed by atoms with E-state index < -0.39 is 0 Å². The molecule has 1 saturated heterocycles. The van der Waals surface area contributed by atoms with Gasteiger partial charge in [0.1, 0.15) is 0 Å². The highest BCUT2D eigenvalue weighted by Gasteiger charge is 1.92. The van der Waals surface area contributed by atoms with Crippen molar-refractivity contribution in [1.29, 1.82) is 0 Å². The summed E-state index contributed by atoms with van der Waals surface area (Å²) >= 11 is 0. The van der Waals surface area contributed by atoms with E-state index in [1.165, 1.54) is 21.0 Å². The fraction of sp³-hybridized carbons (Fsp3) is 1.00. The van der Waals surface area contributed by atoms with Gasteiger partial charge in [0, 0.05) is 6.54 Å². The van der Waals surface area contributed by atoms with Crippen LogP contribution in [0.1, 0.15) is 0 Å². The number of hydrogen-bond donors (Lipinski definition) is 1. The lowest BCUT2D eigenvalue weighted by molar-refractivity contribution is 1.06. The maximum absolute atomic E-state index is 3.26. The molecule has 0 aromatic carbocycles. The van der Waals surface area contributed by atoms with Gasteiger partial charge in [-0.2, -0.15) is 0 Å². The molecule has 5 heavy (non-hydrogen) atoms. The summed E-state index contributed by atoms with van der Waals surface area (Å²) in [5.41, 5.74) is 0. The first kappa shape index (κ1) is 3.99. The van der Waals surface area contributed by atoms with Gasteiger partial charge in [-0.05, 0) is 14.6 Å². The molecule has 2 unspecified atom stereocenters. The lowest BCUT2D eigenvalue weighted by Gasteiger charge is -1.76. The van der Waals surface area contributed by atoms with Crippen LogP contribution in [0.25, 0.3) is 0 Å². The van der Waals surface area contributed by atoms with Crippen molar-refractivity contribution in [3.05, 3.63) is 0 Å². The Labute approximate surface area is 35.4 Å². The van der Waals surface area contributed by atoms with Crippen molar-refractivity contribution in [2.24, 2.45) is 0 Å². The summed E-state index contributed by atoms with van der Waals surface area (Å²) in [7, 11) is 2.31. The summed E-state index contributed by atoms with van der Waals surface area (Å²) in [5.74, 6) is 0. The van der Waals surface area contributed by atoms with Crippen molar-refractivity contribution >= 4 is 16.7 Å². The minimum atomic E-state index is 1.09. The van der Waals surface area contributed by atoms with E-state index in [4.69, 9.17) is 0 Å². The minimum Gasteiger partial charge on any atom is -0.295 e. The summed E-state index contributed by atoms with van der Waals surface area (Å²) in [6, 6.07) is 0. The zero-order valence-corrected chi connectivity index (χ0v) is 4.91. The molecular weight excluding hydrogens is 100.0 g/mol. The predicted molar refractivity (Wildman–Crippen MR) is 29.5 cm³/mol. The maximum atomic E-state index is 3.26. The van der Waals surface area contributed by atoms with Gasteiger partial charge >= 0.3 is 0 Å². The predicted octanol–water partition coefficient (Wildman–Crippen LogP) is 0.777. The second kappa shape index (κ2) is 2.08. The Kier molecular flexibility index (Phi) is 1.66. The average molecular weight is 107 g/mol. The van der Waals surface area contributed by atoms with Crippen LogP contribution in [0.15, 0.2) is 0 Å². The molecule has 0 saturated carbocycles. The highest BCUT2D eigenvalue weighted by molar-refractivity contribution is 8.11. The summed E-state index contributed by atoms with van der Waals surface area (Å²) in [4.78, 5) is 0. The molecule has 0 radical (unpaired) electrons. The van der Waals surface area contributed by atoms with Crippen LogP contribution in [0.4, 0.5) is 0 Å². The molecule has 30 valence electrons. The van der Waals surface area contributed by atoms with Crippen LogP contribution in [0.3, 0.4) is 0 Å². The molecular formula is C2H7NP2. The van der Waals surface area contributed by atoms with E-state index >= 15 is 0 Å². The standard InChI is InChI=1S/C2H7NP2/c1-2-4-5-3-1/h3-5H,1-2H2. The molecule has 0 bridgehead atoms. The Hall–Kier alpha value is 0.820. The van der Waals surface area contributed by atoms with E-state index in [1.807, 2.05) is 0 Å². The van der Waals surface area contributed by atoms with Gasteiger partial charge in [0.2, 0.25) is 0 Å². The molecule has 1 aliphatic heterocycles. The molecule has 1 rings (SSSR count). The number of nitrogens with one attached hydrogen (secondary N) is 1. The number of hydrogen-bond acceptors (Lipinski definition) is 1. The van der Waals surface area contributed by atoms with Crippen LogP contribution in [-0.2, 0) is 0 Å². The molecule has 1 fully saturated rings. The second-order valence-corrected chi connectivity index (χ2v) is 4.25. The quantitative estimate of drug-likeness (QED) is 0.451. The smallest absolute Gasteiger partial charge is 0.00312 e. The summed E-state index contributed by atoms with van der Waals surface area (Å²) in [6.07, 6.45) is 1.43. The first-order valence-corrected chi connectivity index (χ1v) is 4.91. The zero-order valence-electron chi connectivity index (χ0n) is 2.91. The van der Waals surface area contributed by atoms with Gasteiger partial charge in [0.15, 0.2) is 0 Å². The molecule has 1 nitrogen and oxygen atoms in total. The minimum absolute atomic E-state index is 1.09. The molecule has 1 N–H and O–H groups in total. The van der Waals surface area contributed by atoms with E-state index in [0.29, 0.717) is 0 Å². The SMILES string of the molecule is C1CPPN1. The van der Waals surface area contributed by atoms with Gasteiger partial charge in [-0.25, -0.2) is 0 Å². The maximum Gasteiger partial charge on any atom is 0.00312 e. The van der Waals surface area contributed by atoms with Gasteiger partial charge in [-0.3, -0.25) is 5.09 Å². The molecule has 1 heterocycles. The van der Waals surface area contributed by atoms with Crippen LogP contribution in [0.2, 0.25) is 0 Å². The lowest BCUT2D eigenvalue weighted by Crippen LogP contribution is -1.94. The van der Waals surface area contributed by atoms with Crippen molar-refractivity contribution in [2.75, 3.05) is 12.7 Å². The van der Waals surface area contributed by atoms with Crippen LogP contribution >= 0.6 is 16.7 Å². The summed E-state index contributed by atoms with van der Waals surface area (Å²) in [6.45, 7) is 1.27. The van der Waals surface area contributed by atoms with E-state index in [0.717, 1.165) is 8.42 Å². The van der Waals surface area contributed by atoms with E-state index in [9.17, 15) is 0 Å². The molecule has 0 aromatic heterocycles. The third-order valence-corrected chi connectivity index (χ3v) is 3.47. The molecule has 1 aliphatic rings. The van der Waals surface area contributed by atoms with Gasteiger partial charge in [0.25, 0.3) is 0 Å². The molecule has 0 spiro atoms. The second-order valence-electron chi connectivity index (χ2n) is 0.979. The van der Waals surface area contributed by atoms with Gasteiger partial charge in [-0.1, -0.05) is 8.27 Å². The van der Waals surface area contributed by atoms with Gasteiger partial charge in [0.05, 0.1) is 0 Å². The van der Waals surface area contributed by atoms with Crippen molar-refractivity contribution < 1.29 is 0 Å². The van der Waals surface area contributed by atoms with Gasteiger partial charge < -0.3 is 0 Å². The Morgan fingerprint density at radius 3 is 2.80 bits per heavy atom. The fourth-order valence-corrected chi connectivity index (χ4v) is 2.81. The van der Waals surface area contributed by atoms with Crippen LogP contribution in [0.5, 0.6) is 0 Å². The largest absolute Gasteiger partial charge is 0.295 e. The van der Waals surface area contributed by atoms with Crippen LogP contribution in [0, 0.1) is 0 Å². The third-order valence-electron chi connectivity index (χ3n) is 0.552. The van der Waals surface area contributed by atoms with Crippen molar-refractivity contribution in [2.45, 2.75) is 0 Å². The zero-order chi connectivity index (χ0) is 3.54. The van der Waals surface area contributed by atoms with Gasteiger partial charge in [-0.15, -0.1) is 0 Å². The van der Waals surface area contributed by atoms with Crippen molar-refractivity contribution in [3.63, 3.8) is 0 Å². The summed E-state index contributed by atoms with van der Waals surface area (Å²) in [5, 5.41) is 3.26. The number of rotatable bonds is 0. The van der Waals surface area contributed by atoms with E-state index in [2.05, 4.69) is 5.09 Å². The Balaban J connectivity index is 2.08. The molecule has 2 atom stereocenters. The highest BCUT2D eigenvalue weighted by atomic mass is 32.0.